The maximum atomic E-state index is 11.3. The Morgan fingerprint density at radius 1 is 1.21 bits per heavy atom. The fourth-order valence-corrected chi connectivity index (χ4v) is 1.74. The molecule has 0 saturated heterocycles. The van der Waals surface area contributed by atoms with Gasteiger partial charge in [0, 0.05) is 10.6 Å². The second kappa shape index (κ2) is 3.43. The normalized spacial score (nSPS) is 10.4. The zero-order valence-electron chi connectivity index (χ0n) is 7.75. The molecule has 70 valence electrons. The molecule has 0 radical (unpaired) electrons. The zero-order valence-corrected chi connectivity index (χ0v) is 8.51. The highest BCUT2D eigenvalue weighted by Crippen LogP contribution is 2.22. The smallest absolute Gasteiger partial charge is 0.160 e. The van der Waals surface area contributed by atoms with Crippen LogP contribution in [-0.2, 0) is 0 Å². The Labute approximate surface area is 87.3 Å². The van der Waals surface area contributed by atoms with Crippen molar-refractivity contribution in [2.75, 3.05) is 0 Å². The van der Waals surface area contributed by atoms with Crippen LogP contribution in [0.2, 0.25) is 5.02 Å². The number of rotatable bonds is 1. The van der Waals surface area contributed by atoms with Crippen molar-refractivity contribution in [1.82, 2.24) is 0 Å². The maximum Gasteiger partial charge on any atom is 0.160 e. The molecule has 2 aromatic rings. The molecule has 14 heavy (non-hydrogen) atoms. The van der Waals surface area contributed by atoms with Gasteiger partial charge >= 0.3 is 0 Å². The Hall–Kier alpha value is -1.34. The fourth-order valence-electron chi connectivity index (χ4n) is 1.56. The molecule has 0 atom stereocenters. The van der Waals surface area contributed by atoms with E-state index in [0.29, 0.717) is 5.02 Å². The Morgan fingerprint density at radius 3 is 2.71 bits per heavy atom. The van der Waals surface area contributed by atoms with E-state index in [9.17, 15) is 4.79 Å². The van der Waals surface area contributed by atoms with Crippen molar-refractivity contribution in [3.8, 4) is 0 Å². The van der Waals surface area contributed by atoms with Crippen LogP contribution < -0.4 is 0 Å². The number of hydrogen-bond acceptors (Lipinski definition) is 1. The van der Waals surface area contributed by atoms with E-state index in [4.69, 9.17) is 11.6 Å². The number of benzene rings is 2. The second-order valence-corrected chi connectivity index (χ2v) is 3.66. The summed E-state index contributed by atoms with van der Waals surface area (Å²) in [6, 6.07) is 11.2. The van der Waals surface area contributed by atoms with Gasteiger partial charge in [0.05, 0.1) is 0 Å². The summed E-state index contributed by atoms with van der Waals surface area (Å²) in [5.41, 5.74) is 0.749. The van der Waals surface area contributed by atoms with Crippen molar-refractivity contribution in [3.63, 3.8) is 0 Å². The van der Waals surface area contributed by atoms with Crippen molar-refractivity contribution in [1.29, 1.82) is 0 Å². The van der Waals surface area contributed by atoms with Gasteiger partial charge in [-0.25, -0.2) is 0 Å². The van der Waals surface area contributed by atoms with E-state index in [1.807, 2.05) is 30.3 Å². The van der Waals surface area contributed by atoms with Crippen LogP contribution in [0.5, 0.6) is 0 Å². The minimum Gasteiger partial charge on any atom is -0.294 e. The molecule has 0 aliphatic rings. The standard InChI is InChI=1S/C12H9ClO/c1-8(14)11-4-2-3-9-7-10(13)5-6-12(9)11/h2-7H,1H3. The van der Waals surface area contributed by atoms with Crippen molar-refractivity contribution in [2.24, 2.45) is 0 Å². The molecule has 0 aliphatic heterocycles. The van der Waals surface area contributed by atoms with E-state index in [0.717, 1.165) is 16.3 Å². The Morgan fingerprint density at radius 2 is 2.00 bits per heavy atom. The van der Waals surface area contributed by atoms with Gasteiger partial charge in [-0.2, -0.15) is 0 Å². The molecule has 1 nitrogen and oxygen atoms in total. The van der Waals surface area contributed by atoms with Crippen LogP contribution in [0.25, 0.3) is 10.8 Å². The molecule has 0 unspecified atom stereocenters. The zero-order chi connectivity index (χ0) is 10.1. The lowest BCUT2D eigenvalue weighted by Gasteiger charge is -2.02. The third kappa shape index (κ3) is 1.51. The highest BCUT2D eigenvalue weighted by molar-refractivity contribution is 6.31. The van der Waals surface area contributed by atoms with Crippen LogP contribution in [0.1, 0.15) is 17.3 Å². The van der Waals surface area contributed by atoms with Gasteiger partial charge in [0.2, 0.25) is 0 Å². The Balaban J connectivity index is 2.81. The van der Waals surface area contributed by atoms with E-state index in [1.165, 1.54) is 0 Å². The Bertz CT molecular complexity index is 503. The SMILES string of the molecule is CC(=O)c1cccc2cc(Cl)ccc12. The van der Waals surface area contributed by atoms with E-state index < -0.39 is 0 Å². The van der Waals surface area contributed by atoms with Crippen molar-refractivity contribution < 1.29 is 4.79 Å². The molecule has 2 heteroatoms. The first-order chi connectivity index (χ1) is 6.68. The lowest BCUT2D eigenvalue weighted by molar-refractivity contribution is 0.101. The van der Waals surface area contributed by atoms with Gasteiger partial charge in [-0.15, -0.1) is 0 Å². The van der Waals surface area contributed by atoms with Gasteiger partial charge in [0.1, 0.15) is 0 Å². The van der Waals surface area contributed by atoms with Gasteiger partial charge in [-0.05, 0) is 29.8 Å². The molecule has 0 bridgehead atoms. The predicted octanol–water partition coefficient (Wildman–Crippen LogP) is 3.70. The van der Waals surface area contributed by atoms with Gasteiger partial charge in [-0.3, -0.25) is 4.79 Å². The molecule has 0 aromatic heterocycles. The van der Waals surface area contributed by atoms with Crippen LogP contribution >= 0.6 is 11.6 Å². The van der Waals surface area contributed by atoms with Crippen molar-refractivity contribution in [3.05, 3.63) is 47.0 Å². The van der Waals surface area contributed by atoms with E-state index in [1.54, 1.807) is 13.0 Å². The van der Waals surface area contributed by atoms with Gasteiger partial charge in [-0.1, -0.05) is 35.9 Å². The first-order valence-electron chi connectivity index (χ1n) is 4.38. The molecular formula is C12H9ClO. The quantitative estimate of drug-likeness (QED) is 0.648. The molecular weight excluding hydrogens is 196 g/mol. The summed E-state index contributed by atoms with van der Waals surface area (Å²) in [6.45, 7) is 1.57. The average molecular weight is 205 g/mol. The summed E-state index contributed by atoms with van der Waals surface area (Å²) in [5.74, 6) is 0.0814. The van der Waals surface area contributed by atoms with Crippen LogP contribution in [0.4, 0.5) is 0 Å². The molecule has 2 aromatic carbocycles. The van der Waals surface area contributed by atoms with E-state index >= 15 is 0 Å². The summed E-state index contributed by atoms with van der Waals surface area (Å²) in [7, 11) is 0. The largest absolute Gasteiger partial charge is 0.294 e. The minimum absolute atomic E-state index is 0.0814. The maximum absolute atomic E-state index is 11.3. The average Bonchev–Trinajstić information content (AvgIpc) is 2.16. The number of ketones is 1. The molecule has 0 saturated carbocycles. The summed E-state index contributed by atoms with van der Waals surface area (Å²) in [4.78, 5) is 11.3. The number of fused-ring (bicyclic) bond motifs is 1. The van der Waals surface area contributed by atoms with E-state index in [-0.39, 0.29) is 5.78 Å². The number of halogens is 1. The summed E-state index contributed by atoms with van der Waals surface area (Å²) >= 11 is 5.87. The summed E-state index contributed by atoms with van der Waals surface area (Å²) in [6.07, 6.45) is 0. The predicted molar refractivity (Wildman–Crippen MR) is 59.0 cm³/mol. The highest BCUT2D eigenvalue weighted by Gasteiger charge is 2.04. The molecule has 0 aliphatic carbocycles. The molecule has 0 spiro atoms. The molecule has 0 fully saturated rings. The van der Waals surface area contributed by atoms with Crippen molar-refractivity contribution >= 4 is 28.2 Å². The van der Waals surface area contributed by atoms with Crippen LogP contribution in [0.3, 0.4) is 0 Å². The number of carbonyl (C=O) groups excluding carboxylic acids is 1. The molecule has 0 N–H and O–H groups in total. The summed E-state index contributed by atoms with van der Waals surface area (Å²) in [5, 5.41) is 2.66. The lowest BCUT2D eigenvalue weighted by Crippen LogP contribution is -1.92. The monoisotopic (exact) mass is 204 g/mol. The first-order valence-corrected chi connectivity index (χ1v) is 4.75. The van der Waals surface area contributed by atoms with Crippen molar-refractivity contribution in [2.45, 2.75) is 6.92 Å². The van der Waals surface area contributed by atoms with Gasteiger partial charge < -0.3 is 0 Å². The molecule has 2 rings (SSSR count). The topological polar surface area (TPSA) is 17.1 Å². The third-order valence-electron chi connectivity index (χ3n) is 2.22. The molecule has 0 amide bonds. The minimum atomic E-state index is 0.0814. The van der Waals surface area contributed by atoms with Gasteiger partial charge in [0.15, 0.2) is 5.78 Å². The van der Waals surface area contributed by atoms with E-state index in [2.05, 4.69) is 0 Å². The number of Topliss-reactive ketones (excluding diaryl/α,β-unsaturated/α-hetero) is 1. The summed E-state index contributed by atoms with van der Waals surface area (Å²) < 4.78 is 0. The second-order valence-electron chi connectivity index (χ2n) is 3.23. The Kier molecular flexibility index (Phi) is 2.26. The van der Waals surface area contributed by atoms with Crippen LogP contribution in [-0.4, -0.2) is 5.78 Å². The lowest BCUT2D eigenvalue weighted by atomic mass is 10.0. The number of carbonyl (C=O) groups is 1. The molecule has 0 heterocycles. The van der Waals surface area contributed by atoms with Crippen LogP contribution in [0, 0.1) is 0 Å². The van der Waals surface area contributed by atoms with Crippen LogP contribution in [0.15, 0.2) is 36.4 Å². The highest BCUT2D eigenvalue weighted by atomic mass is 35.5. The number of hydrogen-bond donors (Lipinski definition) is 0. The van der Waals surface area contributed by atoms with Gasteiger partial charge in [0.25, 0.3) is 0 Å². The fraction of sp³-hybridized carbons (Fsp3) is 0.0833. The third-order valence-corrected chi connectivity index (χ3v) is 2.46. The first kappa shape index (κ1) is 9.22.